The van der Waals surface area contributed by atoms with Crippen LogP contribution in [0.15, 0.2) is 28.8 Å². The number of hydrogen-bond donors (Lipinski definition) is 2. The quantitative estimate of drug-likeness (QED) is 0.525. The van der Waals surface area contributed by atoms with Gasteiger partial charge in [-0.25, -0.2) is 4.79 Å². The van der Waals surface area contributed by atoms with Crippen molar-refractivity contribution in [2.24, 2.45) is 0 Å². The number of thioether (sulfide) groups is 1. The Balaban J connectivity index is 1.44. The number of aromatic nitrogens is 1. The Bertz CT molecular complexity index is 979. The van der Waals surface area contributed by atoms with E-state index in [-0.39, 0.29) is 17.9 Å². The van der Waals surface area contributed by atoms with Crippen LogP contribution in [0.4, 0.5) is 0 Å². The molecule has 154 valence electrons. The SMILES string of the molecule is Cc1onc(-c2ccccc2Cl)c1CONC1C(=O)N2C1SC(C)(C)C2C(=O)O. The van der Waals surface area contributed by atoms with Crippen molar-refractivity contribution in [2.45, 2.75) is 49.6 Å². The number of halogens is 1. The molecule has 1 aromatic heterocycles. The number of aliphatic carboxylic acids is 1. The van der Waals surface area contributed by atoms with Gasteiger partial charge in [0.2, 0.25) is 5.91 Å². The van der Waals surface area contributed by atoms with E-state index in [0.29, 0.717) is 16.5 Å². The molecule has 2 aliphatic rings. The van der Waals surface area contributed by atoms with Gasteiger partial charge in [0.1, 0.15) is 28.9 Å². The van der Waals surface area contributed by atoms with Gasteiger partial charge in [0, 0.05) is 10.3 Å². The fourth-order valence-corrected chi connectivity index (χ4v) is 5.59. The van der Waals surface area contributed by atoms with E-state index in [9.17, 15) is 14.7 Å². The van der Waals surface area contributed by atoms with Gasteiger partial charge >= 0.3 is 5.97 Å². The summed E-state index contributed by atoms with van der Waals surface area (Å²) in [5.41, 5.74) is 4.82. The molecular formula is C19H20ClN3O5S. The zero-order valence-corrected chi connectivity index (χ0v) is 17.6. The van der Waals surface area contributed by atoms with Gasteiger partial charge in [-0.1, -0.05) is 35.0 Å². The highest BCUT2D eigenvalue weighted by molar-refractivity contribution is 8.01. The number of carboxylic acid groups (broad SMARTS) is 1. The molecule has 0 bridgehead atoms. The van der Waals surface area contributed by atoms with Crippen molar-refractivity contribution in [3.8, 4) is 11.3 Å². The van der Waals surface area contributed by atoms with Crippen molar-refractivity contribution in [3.05, 3.63) is 40.6 Å². The van der Waals surface area contributed by atoms with Crippen LogP contribution in [-0.4, -0.2) is 49.2 Å². The maximum absolute atomic E-state index is 12.5. The number of β-lactam (4-membered cyclic amide) rings is 1. The molecule has 8 nitrogen and oxygen atoms in total. The minimum Gasteiger partial charge on any atom is -0.480 e. The normalized spacial score (nSPS) is 25.0. The van der Waals surface area contributed by atoms with E-state index < -0.39 is 22.8 Å². The first-order valence-electron chi connectivity index (χ1n) is 9.02. The minimum atomic E-state index is -0.998. The third kappa shape index (κ3) is 3.31. The monoisotopic (exact) mass is 437 g/mol. The fraction of sp³-hybridized carbons (Fsp3) is 0.421. The molecule has 1 amide bonds. The molecule has 2 aromatic rings. The zero-order valence-electron chi connectivity index (χ0n) is 16.0. The summed E-state index contributed by atoms with van der Waals surface area (Å²) in [6.45, 7) is 5.55. The first-order valence-corrected chi connectivity index (χ1v) is 10.3. The number of carboxylic acids is 1. The summed E-state index contributed by atoms with van der Waals surface area (Å²) < 4.78 is 4.72. The van der Waals surface area contributed by atoms with Crippen LogP contribution in [-0.2, 0) is 21.0 Å². The van der Waals surface area contributed by atoms with E-state index in [1.807, 2.05) is 32.0 Å². The lowest BCUT2D eigenvalue weighted by Crippen LogP contribution is -2.69. The van der Waals surface area contributed by atoms with Crippen molar-refractivity contribution < 1.29 is 24.1 Å². The number of nitrogens with one attached hydrogen (secondary N) is 1. The summed E-state index contributed by atoms with van der Waals surface area (Å²) >= 11 is 7.72. The summed E-state index contributed by atoms with van der Waals surface area (Å²) in [5, 5.41) is 13.8. The lowest BCUT2D eigenvalue weighted by atomic mass is 9.96. The Labute approximate surface area is 176 Å². The Morgan fingerprint density at radius 3 is 2.86 bits per heavy atom. The number of benzene rings is 1. The molecule has 3 atom stereocenters. The second-order valence-electron chi connectivity index (χ2n) is 7.53. The Morgan fingerprint density at radius 2 is 2.17 bits per heavy atom. The maximum Gasteiger partial charge on any atom is 0.327 e. The van der Waals surface area contributed by atoms with Crippen LogP contribution in [0.3, 0.4) is 0 Å². The number of rotatable bonds is 6. The third-order valence-electron chi connectivity index (χ3n) is 5.22. The molecule has 0 spiro atoms. The molecular weight excluding hydrogens is 418 g/mol. The van der Waals surface area contributed by atoms with Gasteiger partial charge in [-0.2, -0.15) is 5.48 Å². The van der Waals surface area contributed by atoms with Crippen molar-refractivity contribution >= 4 is 35.2 Å². The lowest BCUT2D eigenvalue weighted by molar-refractivity contribution is -0.166. The van der Waals surface area contributed by atoms with Crippen molar-refractivity contribution in [1.82, 2.24) is 15.5 Å². The van der Waals surface area contributed by atoms with Crippen molar-refractivity contribution in [1.29, 1.82) is 0 Å². The zero-order chi connectivity index (χ0) is 20.9. The smallest absolute Gasteiger partial charge is 0.327 e. The molecule has 1 aromatic carbocycles. The van der Waals surface area contributed by atoms with Gasteiger partial charge in [-0.15, -0.1) is 11.8 Å². The first kappa shape index (κ1) is 20.2. The largest absolute Gasteiger partial charge is 0.480 e. The Kier molecular flexibility index (Phi) is 5.10. The van der Waals surface area contributed by atoms with Crippen LogP contribution in [0.25, 0.3) is 11.3 Å². The predicted molar refractivity (Wildman–Crippen MR) is 107 cm³/mol. The van der Waals surface area contributed by atoms with Crippen LogP contribution in [0.2, 0.25) is 5.02 Å². The molecule has 3 unspecified atom stereocenters. The molecule has 10 heteroatoms. The standard InChI is InChI=1S/C19H20ClN3O5S/c1-9-11(13(22-28-9)10-6-4-5-7-12(10)20)8-27-21-14-16(24)23-15(18(25)26)19(2,3)29-17(14)23/h4-7,14-15,17,21H,8H2,1-3H3,(H,25,26). The molecule has 0 radical (unpaired) electrons. The van der Waals surface area contributed by atoms with Gasteiger partial charge in [-0.05, 0) is 26.8 Å². The molecule has 0 saturated carbocycles. The summed E-state index contributed by atoms with van der Waals surface area (Å²) in [6, 6.07) is 5.84. The first-order chi connectivity index (χ1) is 13.7. The number of carbonyl (C=O) groups excluding carboxylic acids is 1. The van der Waals surface area contributed by atoms with Crippen molar-refractivity contribution in [2.75, 3.05) is 0 Å². The van der Waals surface area contributed by atoms with E-state index in [1.54, 1.807) is 13.0 Å². The second-order valence-corrected chi connectivity index (χ2v) is 9.71. The molecule has 0 aliphatic carbocycles. The number of fused-ring (bicyclic) bond motifs is 1. The number of hydroxylamine groups is 1. The van der Waals surface area contributed by atoms with E-state index in [0.717, 1.165) is 11.1 Å². The van der Waals surface area contributed by atoms with Gasteiger partial charge in [0.05, 0.1) is 17.2 Å². The molecule has 3 heterocycles. The van der Waals surface area contributed by atoms with Gasteiger partial charge in [0.15, 0.2) is 0 Å². The highest BCUT2D eigenvalue weighted by atomic mass is 35.5. The topological polar surface area (TPSA) is 105 Å². The maximum atomic E-state index is 12.5. The van der Waals surface area contributed by atoms with Crippen molar-refractivity contribution in [3.63, 3.8) is 0 Å². The summed E-state index contributed by atoms with van der Waals surface area (Å²) in [5.74, 6) is -0.693. The van der Waals surface area contributed by atoms with Crippen LogP contribution < -0.4 is 5.48 Å². The Hall–Kier alpha value is -2.07. The third-order valence-corrected chi connectivity index (χ3v) is 7.12. The highest BCUT2D eigenvalue weighted by Gasteiger charge is 2.64. The summed E-state index contributed by atoms with van der Waals surface area (Å²) in [6.07, 6.45) is 0. The molecule has 2 aliphatic heterocycles. The van der Waals surface area contributed by atoms with Crippen LogP contribution in [0, 0.1) is 6.92 Å². The second kappa shape index (κ2) is 7.32. The molecule has 29 heavy (non-hydrogen) atoms. The average molecular weight is 438 g/mol. The molecule has 2 N–H and O–H groups in total. The Morgan fingerprint density at radius 1 is 1.45 bits per heavy atom. The number of carbonyl (C=O) groups is 2. The van der Waals surface area contributed by atoms with Gasteiger partial charge < -0.3 is 14.5 Å². The fourth-order valence-electron chi connectivity index (χ4n) is 3.75. The predicted octanol–water partition coefficient (Wildman–Crippen LogP) is 2.84. The van der Waals surface area contributed by atoms with Crippen LogP contribution in [0.1, 0.15) is 25.2 Å². The minimum absolute atomic E-state index is 0.114. The molecule has 4 rings (SSSR count). The number of nitrogens with zero attached hydrogens (tertiary/aromatic N) is 2. The highest BCUT2D eigenvalue weighted by Crippen LogP contribution is 2.50. The molecule has 2 saturated heterocycles. The lowest BCUT2D eigenvalue weighted by Gasteiger charge is -2.43. The van der Waals surface area contributed by atoms with E-state index in [4.69, 9.17) is 21.0 Å². The van der Waals surface area contributed by atoms with Gasteiger partial charge in [-0.3, -0.25) is 9.63 Å². The van der Waals surface area contributed by atoms with Crippen LogP contribution >= 0.6 is 23.4 Å². The molecule has 2 fully saturated rings. The summed E-state index contributed by atoms with van der Waals surface area (Å²) in [4.78, 5) is 31.1. The number of aryl methyl sites for hydroxylation is 1. The van der Waals surface area contributed by atoms with E-state index in [1.165, 1.54) is 16.7 Å². The van der Waals surface area contributed by atoms with E-state index in [2.05, 4.69) is 10.6 Å². The number of amides is 1. The average Bonchev–Trinajstić information content (AvgIpc) is 3.14. The van der Waals surface area contributed by atoms with Crippen LogP contribution in [0.5, 0.6) is 0 Å². The van der Waals surface area contributed by atoms with E-state index >= 15 is 0 Å². The summed E-state index contributed by atoms with van der Waals surface area (Å²) in [7, 11) is 0. The number of hydrogen-bond acceptors (Lipinski definition) is 7. The van der Waals surface area contributed by atoms with Gasteiger partial charge in [0.25, 0.3) is 0 Å².